The summed E-state index contributed by atoms with van der Waals surface area (Å²) in [6.07, 6.45) is 0. The fourth-order valence-electron chi connectivity index (χ4n) is 1.81. The minimum absolute atomic E-state index is 0.0872. The van der Waals surface area contributed by atoms with E-state index in [-0.39, 0.29) is 12.2 Å². The van der Waals surface area contributed by atoms with Crippen molar-refractivity contribution in [2.24, 2.45) is 0 Å². The zero-order valence-corrected chi connectivity index (χ0v) is 12.6. The third-order valence-corrected chi connectivity index (χ3v) is 3.24. The number of halogens is 3. The van der Waals surface area contributed by atoms with E-state index in [0.29, 0.717) is 17.3 Å². The van der Waals surface area contributed by atoms with Gasteiger partial charge in [0, 0.05) is 17.6 Å². The molecule has 0 radical (unpaired) electrons. The smallest absolute Gasteiger partial charge is 0.253 e. The fraction of sp³-hybridized carbons (Fsp3) is 0.188. The van der Waals surface area contributed by atoms with Gasteiger partial charge in [0.15, 0.2) is 11.6 Å². The Hall–Kier alpha value is -2.14. The van der Waals surface area contributed by atoms with Gasteiger partial charge in [-0.05, 0) is 36.4 Å². The molecule has 3 nitrogen and oxygen atoms in total. The van der Waals surface area contributed by atoms with Crippen LogP contribution in [-0.2, 0) is 0 Å². The molecule has 0 fully saturated rings. The van der Waals surface area contributed by atoms with Gasteiger partial charge in [0.1, 0.15) is 12.4 Å². The molecule has 0 bridgehead atoms. The Bertz CT molecular complexity index is 679. The maximum absolute atomic E-state index is 13.1. The molecule has 0 aliphatic carbocycles. The Labute approximate surface area is 132 Å². The molecular formula is C16H14ClF2NO2. The van der Waals surface area contributed by atoms with E-state index in [0.717, 1.165) is 12.1 Å². The van der Waals surface area contributed by atoms with Crippen LogP contribution in [0.5, 0.6) is 5.75 Å². The van der Waals surface area contributed by atoms with Gasteiger partial charge in [-0.25, -0.2) is 8.78 Å². The number of nitrogens with zero attached hydrogens (tertiary/aromatic N) is 1. The Balaban J connectivity index is 1.90. The summed E-state index contributed by atoms with van der Waals surface area (Å²) in [6, 6.07) is 9.96. The molecule has 2 aromatic rings. The van der Waals surface area contributed by atoms with Gasteiger partial charge in [-0.3, -0.25) is 4.79 Å². The second-order valence-electron chi connectivity index (χ2n) is 4.66. The number of ether oxygens (including phenoxy) is 1. The molecular weight excluding hydrogens is 312 g/mol. The van der Waals surface area contributed by atoms with E-state index >= 15 is 0 Å². The SMILES string of the molecule is CN(CCOc1cccc(Cl)c1)C(=O)c1ccc(F)c(F)c1. The molecule has 0 aromatic heterocycles. The molecule has 0 saturated heterocycles. The minimum atomic E-state index is -1.05. The molecule has 116 valence electrons. The van der Waals surface area contributed by atoms with Gasteiger partial charge in [0.2, 0.25) is 0 Å². The van der Waals surface area contributed by atoms with Crippen molar-refractivity contribution in [3.05, 3.63) is 64.7 Å². The van der Waals surface area contributed by atoms with Gasteiger partial charge in [-0.1, -0.05) is 17.7 Å². The largest absolute Gasteiger partial charge is 0.492 e. The van der Waals surface area contributed by atoms with Crippen molar-refractivity contribution in [3.8, 4) is 5.75 Å². The molecule has 0 heterocycles. The topological polar surface area (TPSA) is 29.5 Å². The molecule has 1 amide bonds. The Morgan fingerprint density at radius 2 is 1.95 bits per heavy atom. The first-order chi connectivity index (χ1) is 10.5. The highest BCUT2D eigenvalue weighted by Gasteiger charge is 2.14. The fourth-order valence-corrected chi connectivity index (χ4v) is 1.99. The lowest BCUT2D eigenvalue weighted by molar-refractivity contribution is 0.0773. The highest BCUT2D eigenvalue weighted by molar-refractivity contribution is 6.30. The van der Waals surface area contributed by atoms with Gasteiger partial charge >= 0.3 is 0 Å². The average Bonchev–Trinajstić information content (AvgIpc) is 2.49. The van der Waals surface area contributed by atoms with Gasteiger partial charge in [0.25, 0.3) is 5.91 Å². The van der Waals surface area contributed by atoms with Crippen LogP contribution in [0.4, 0.5) is 8.78 Å². The molecule has 0 spiro atoms. The second kappa shape index (κ2) is 7.22. The van der Waals surface area contributed by atoms with E-state index in [9.17, 15) is 13.6 Å². The van der Waals surface area contributed by atoms with E-state index in [2.05, 4.69) is 0 Å². The van der Waals surface area contributed by atoms with Crippen molar-refractivity contribution in [1.82, 2.24) is 4.90 Å². The van der Waals surface area contributed by atoms with Gasteiger partial charge in [-0.15, -0.1) is 0 Å². The first-order valence-corrected chi connectivity index (χ1v) is 6.94. The number of rotatable bonds is 5. The van der Waals surface area contributed by atoms with Crippen molar-refractivity contribution >= 4 is 17.5 Å². The summed E-state index contributed by atoms with van der Waals surface area (Å²) in [7, 11) is 1.56. The molecule has 22 heavy (non-hydrogen) atoms. The van der Waals surface area contributed by atoms with Gasteiger partial charge in [-0.2, -0.15) is 0 Å². The molecule has 0 saturated carbocycles. The maximum atomic E-state index is 13.1. The first kappa shape index (κ1) is 16.2. The molecule has 0 atom stereocenters. The zero-order valence-electron chi connectivity index (χ0n) is 11.9. The van der Waals surface area contributed by atoms with E-state index in [4.69, 9.17) is 16.3 Å². The van der Waals surface area contributed by atoms with Crippen LogP contribution >= 0.6 is 11.6 Å². The second-order valence-corrected chi connectivity index (χ2v) is 5.10. The summed E-state index contributed by atoms with van der Waals surface area (Å²) in [5, 5.41) is 0.559. The predicted octanol–water partition coefficient (Wildman–Crippen LogP) is 3.77. The highest BCUT2D eigenvalue weighted by Crippen LogP contribution is 2.17. The molecule has 0 aliphatic heterocycles. The third-order valence-electron chi connectivity index (χ3n) is 3.00. The number of amides is 1. The Morgan fingerprint density at radius 1 is 1.18 bits per heavy atom. The monoisotopic (exact) mass is 325 g/mol. The standard InChI is InChI=1S/C16H14ClF2NO2/c1-20(7-8-22-13-4-2-3-12(17)10-13)16(21)11-5-6-14(18)15(19)9-11/h2-6,9-10H,7-8H2,1H3. The summed E-state index contributed by atoms with van der Waals surface area (Å²) in [4.78, 5) is 13.4. The van der Waals surface area contributed by atoms with Crippen LogP contribution in [0.15, 0.2) is 42.5 Å². The van der Waals surface area contributed by atoms with E-state index in [1.165, 1.54) is 11.0 Å². The van der Waals surface area contributed by atoms with Crippen LogP contribution < -0.4 is 4.74 Å². The van der Waals surface area contributed by atoms with Crippen LogP contribution in [0.25, 0.3) is 0 Å². The van der Waals surface area contributed by atoms with Gasteiger partial charge < -0.3 is 9.64 Å². The van der Waals surface area contributed by atoms with Crippen molar-refractivity contribution < 1.29 is 18.3 Å². The summed E-state index contributed by atoms with van der Waals surface area (Å²) < 4.78 is 31.5. The molecule has 0 N–H and O–H groups in total. The van der Waals surface area contributed by atoms with Crippen LogP contribution in [0.2, 0.25) is 5.02 Å². The van der Waals surface area contributed by atoms with E-state index in [1.54, 1.807) is 31.3 Å². The zero-order chi connectivity index (χ0) is 16.1. The Kier molecular flexibility index (Phi) is 5.33. The summed E-state index contributed by atoms with van der Waals surface area (Å²) in [5.41, 5.74) is 0.0872. The van der Waals surface area contributed by atoms with E-state index in [1.807, 2.05) is 0 Å². The van der Waals surface area contributed by atoms with Crippen LogP contribution in [-0.4, -0.2) is 31.0 Å². The number of hydrogen-bond donors (Lipinski definition) is 0. The van der Waals surface area contributed by atoms with Crippen LogP contribution in [0, 0.1) is 11.6 Å². The Morgan fingerprint density at radius 3 is 2.64 bits per heavy atom. The molecule has 0 aliphatic rings. The number of carbonyl (C=O) groups excluding carboxylic acids is 1. The van der Waals surface area contributed by atoms with Crippen LogP contribution in [0.1, 0.15) is 10.4 Å². The normalized spacial score (nSPS) is 10.4. The number of benzene rings is 2. The van der Waals surface area contributed by atoms with Crippen molar-refractivity contribution in [2.45, 2.75) is 0 Å². The number of hydrogen-bond acceptors (Lipinski definition) is 2. The molecule has 2 aromatic carbocycles. The third kappa shape index (κ3) is 4.18. The van der Waals surface area contributed by atoms with E-state index < -0.39 is 17.5 Å². The van der Waals surface area contributed by atoms with Gasteiger partial charge in [0.05, 0.1) is 6.54 Å². The summed E-state index contributed by atoms with van der Waals surface area (Å²) >= 11 is 5.83. The lowest BCUT2D eigenvalue weighted by Crippen LogP contribution is -2.31. The quantitative estimate of drug-likeness (QED) is 0.837. The van der Waals surface area contributed by atoms with Crippen molar-refractivity contribution in [3.63, 3.8) is 0 Å². The minimum Gasteiger partial charge on any atom is -0.492 e. The lowest BCUT2D eigenvalue weighted by Gasteiger charge is -2.17. The average molecular weight is 326 g/mol. The molecule has 2 rings (SSSR count). The summed E-state index contributed by atoms with van der Waals surface area (Å²) in [6.45, 7) is 0.552. The maximum Gasteiger partial charge on any atom is 0.253 e. The summed E-state index contributed by atoms with van der Waals surface area (Å²) in [5.74, 6) is -1.84. The molecule has 6 heteroatoms. The predicted molar refractivity (Wildman–Crippen MR) is 80.3 cm³/mol. The van der Waals surface area contributed by atoms with Crippen LogP contribution in [0.3, 0.4) is 0 Å². The van der Waals surface area contributed by atoms with Crippen molar-refractivity contribution in [2.75, 3.05) is 20.2 Å². The number of carbonyl (C=O) groups is 1. The first-order valence-electron chi connectivity index (χ1n) is 6.56. The number of likely N-dealkylation sites (N-methyl/N-ethyl adjacent to an activating group) is 1. The van der Waals surface area contributed by atoms with Crippen molar-refractivity contribution in [1.29, 1.82) is 0 Å². The molecule has 0 unspecified atom stereocenters. The lowest BCUT2D eigenvalue weighted by atomic mass is 10.2. The highest BCUT2D eigenvalue weighted by atomic mass is 35.5.